The first-order chi connectivity index (χ1) is 13.9. The average molecular weight is 392 g/mol. The minimum absolute atomic E-state index is 0.113. The smallest absolute Gasteiger partial charge is 0.272 e. The highest BCUT2D eigenvalue weighted by molar-refractivity contribution is 5.94. The van der Waals surface area contributed by atoms with Gasteiger partial charge in [0.1, 0.15) is 11.4 Å². The number of benzene rings is 1. The van der Waals surface area contributed by atoms with Crippen LogP contribution >= 0.6 is 0 Å². The maximum absolute atomic E-state index is 13.3. The molecule has 1 fully saturated rings. The highest BCUT2D eigenvalue weighted by Gasteiger charge is 2.29. The van der Waals surface area contributed by atoms with Crippen molar-refractivity contribution in [3.63, 3.8) is 0 Å². The van der Waals surface area contributed by atoms with Gasteiger partial charge in [-0.1, -0.05) is 17.7 Å². The first-order valence-corrected chi connectivity index (χ1v) is 9.74. The van der Waals surface area contributed by atoms with Crippen molar-refractivity contribution in [2.75, 3.05) is 13.1 Å². The van der Waals surface area contributed by atoms with Gasteiger partial charge in [0.25, 0.3) is 5.91 Å². The van der Waals surface area contributed by atoms with E-state index in [4.69, 9.17) is 10.2 Å². The first-order valence-electron chi connectivity index (χ1n) is 9.74. The van der Waals surface area contributed by atoms with Crippen molar-refractivity contribution in [2.24, 2.45) is 11.7 Å². The summed E-state index contributed by atoms with van der Waals surface area (Å²) in [4.78, 5) is 26.6. The summed E-state index contributed by atoms with van der Waals surface area (Å²) in [6.07, 6.45) is 2.76. The Morgan fingerprint density at radius 2 is 1.90 bits per heavy atom. The van der Waals surface area contributed by atoms with Gasteiger partial charge in [-0.05, 0) is 50.5 Å². The van der Waals surface area contributed by atoms with Crippen molar-refractivity contribution in [3.05, 3.63) is 59.5 Å². The molecule has 4 rings (SSSR count). The number of aryl methyl sites for hydroxylation is 2. The Labute approximate surface area is 169 Å². The van der Waals surface area contributed by atoms with Crippen LogP contribution in [0.25, 0.3) is 17.1 Å². The maximum atomic E-state index is 13.3. The number of carbonyl (C=O) groups excluding carboxylic acids is 2. The fourth-order valence-electron chi connectivity index (χ4n) is 3.83. The summed E-state index contributed by atoms with van der Waals surface area (Å²) in [5.41, 5.74) is 9.52. The number of amides is 2. The minimum Gasteiger partial charge on any atom is -0.463 e. The summed E-state index contributed by atoms with van der Waals surface area (Å²) in [7, 11) is 0. The van der Waals surface area contributed by atoms with Crippen LogP contribution in [0.4, 0.5) is 0 Å². The molecular formula is C22H24N4O3. The SMILES string of the molecule is Cc1ccc(-n2nc(-c3ccco3)cc2C(=O)N2CCC(C(N)=O)CC2)c(C)c1. The largest absolute Gasteiger partial charge is 0.463 e. The van der Waals surface area contributed by atoms with Crippen molar-refractivity contribution in [1.29, 1.82) is 0 Å². The van der Waals surface area contributed by atoms with Crippen LogP contribution in [0.2, 0.25) is 0 Å². The number of rotatable bonds is 4. The molecule has 1 aliphatic heterocycles. The van der Waals surface area contributed by atoms with E-state index in [1.165, 1.54) is 0 Å². The quantitative estimate of drug-likeness (QED) is 0.738. The summed E-state index contributed by atoms with van der Waals surface area (Å²) in [5.74, 6) is 0.0349. The summed E-state index contributed by atoms with van der Waals surface area (Å²) in [6.45, 7) is 5.04. The predicted octanol–water partition coefficient (Wildman–Crippen LogP) is 3.09. The Balaban J connectivity index is 1.72. The van der Waals surface area contributed by atoms with Crippen molar-refractivity contribution < 1.29 is 14.0 Å². The standard InChI is InChI=1S/C22H24N4O3/c1-14-5-6-18(15(2)12-14)26-19(13-17(24-26)20-4-3-11-29-20)22(28)25-9-7-16(8-10-25)21(23)27/h3-6,11-13,16H,7-10H2,1-2H3,(H2,23,27). The molecule has 2 N–H and O–H groups in total. The van der Waals surface area contributed by atoms with Gasteiger partial charge < -0.3 is 15.1 Å². The fourth-order valence-corrected chi connectivity index (χ4v) is 3.83. The average Bonchev–Trinajstić information content (AvgIpc) is 3.37. The van der Waals surface area contributed by atoms with E-state index in [1.807, 2.05) is 32.0 Å². The number of carbonyl (C=O) groups is 2. The van der Waals surface area contributed by atoms with Gasteiger partial charge in [-0.15, -0.1) is 0 Å². The molecule has 29 heavy (non-hydrogen) atoms. The second-order valence-corrected chi connectivity index (χ2v) is 7.56. The Morgan fingerprint density at radius 1 is 1.14 bits per heavy atom. The van der Waals surface area contributed by atoms with Crippen molar-refractivity contribution in [1.82, 2.24) is 14.7 Å². The van der Waals surface area contributed by atoms with Gasteiger partial charge in [0, 0.05) is 25.1 Å². The maximum Gasteiger partial charge on any atom is 0.272 e. The fraction of sp³-hybridized carbons (Fsp3) is 0.318. The Morgan fingerprint density at radius 3 is 2.52 bits per heavy atom. The molecule has 2 aromatic heterocycles. The second-order valence-electron chi connectivity index (χ2n) is 7.56. The predicted molar refractivity (Wildman–Crippen MR) is 109 cm³/mol. The van der Waals surface area contributed by atoms with Crippen molar-refractivity contribution in [3.8, 4) is 17.1 Å². The van der Waals surface area contributed by atoms with E-state index in [0.717, 1.165) is 16.8 Å². The van der Waals surface area contributed by atoms with Crippen LogP contribution in [0, 0.1) is 19.8 Å². The lowest BCUT2D eigenvalue weighted by Gasteiger charge is -2.30. The van der Waals surface area contributed by atoms with Crippen LogP contribution in [-0.4, -0.2) is 39.6 Å². The van der Waals surface area contributed by atoms with Crippen LogP contribution in [0.3, 0.4) is 0 Å². The molecule has 7 heteroatoms. The van der Waals surface area contributed by atoms with E-state index in [-0.39, 0.29) is 17.7 Å². The number of likely N-dealkylation sites (tertiary alicyclic amines) is 1. The molecule has 0 spiro atoms. The number of hydrogen-bond donors (Lipinski definition) is 1. The third kappa shape index (κ3) is 3.68. The number of primary amides is 1. The summed E-state index contributed by atoms with van der Waals surface area (Å²) >= 11 is 0. The Hall–Kier alpha value is -3.35. The van der Waals surface area contributed by atoms with Crippen LogP contribution < -0.4 is 5.73 Å². The van der Waals surface area contributed by atoms with E-state index < -0.39 is 0 Å². The Kier molecular flexibility index (Phi) is 4.96. The normalized spacial score (nSPS) is 14.9. The molecule has 1 aromatic carbocycles. The number of nitrogens with zero attached hydrogens (tertiary/aromatic N) is 3. The Bertz CT molecular complexity index is 1040. The van der Waals surface area contributed by atoms with Crippen LogP contribution in [-0.2, 0) is 4.79 Å². The zero-order valence-electron chi connectivity index (χ0n) is 16.6. The monoisotopic (exact) mass is 392 g/mol. The molecule has 1 saturated heterocycles. The van der Waals surface area contributed by atoms with Gasteiger partial charge in [0.05, 0.1) is 12.0 Å². The number of aromatic nitrogens is 2. The molecule has 0 atom stereocenters. The minimum atomic E-state index is -0.294. The molecular weight excluding hydrogens is 368 g/mol. The highest BCUT2D eigenvalue weighted by atomic mass is 16.3. The number of furan rings is 1. The van der Waals surface area contributed by atoms with E-state index >= 15 is 0 Å². The van der Waals surface area contributed by atoms with Gasteiger partial charge in [-0.25, -0.2) is 4.68 Å². The van der Waals surface area contributed by atoms with Gasteiger partial charge in [0.15, 0.2) is 5.76 Å². The number of hydrogen-bond acceptors (Lipinski definition) is 4. The zero-order chi connectivity index (χ0) is 20.5. The first kappa shape index (κ1) is 19.0. The lowest BCUT2D eigenvalue weighted by Crippen LogP contribution is -2.42. The molecule has 0 bridgehead atoms. The molecule has 2 amide bonds. The van der Waals surface area contributed by atoms with Gasteiger partial charge in [-0.2, -0.15) is 5.10 Å². The van der Waals surface area contributed by atoms with Gasteiger partial charge in [0.2, 0.25) is 5.91 Å². The van der Waals surface area contributed by atoms with E-state index in [0.29, 0.717) is 43.1 Å². The molecule has 0 aliphatic carbocycles. The van der Waals surface area contributed by atoms with Gasteiger partial charge in [-0.3, -0.25) is 9.59 Å². The van der Waals surface area contributed by atoms with E-state index in [1.54, 1.807) is 28.0 Å². The highest BCUT2D eigenvalue weighted by Crippen LogP contribution is 2.26. The van der Waals surface area contributed by atoms with E-state index in [9.17, 15) is 9.59 Å². The van der Waals surface area contributed by atoms with E-state index in [2.05, 4.69) is 11.2 Å². The molecule has 0 saturated carbocycles. The third-order valence-corrected chi connectivity index (χ3v) is 5.47. The van der Waals surface area contributed by atoms with Crippen LogP contribution in [0.5, 0.6) is 0 Å². The summed E-state index contributed by atoms with van der Waals surface area (Å²) in [6, 6.07) is 11.4. The lowest BCUT2D eigenvalue weighted by molar-refractivity contribution is -0.123. The molecule has 3 aromatic rings. The topological polar surface area (TPSA) is 94.4 Å². The van der Waals surface area contributed by atoms with Crippen LogP contribution in [0.1, 0.15) is 34.5 Å². The molecule has 3 heterocycles. The second kappa shape index (κ2) is 7.58. The molecule has 0 unspecified atom stereocenters. The van der Waals surface area contributed by atoms with Crippen molar-refractivity contribution in [2.45, 2.75) is 26.7 Å². The third-order valence-electron chi connectivity index (χ3n) is 5.47. The van der Waals surface area contributed by atoms with Gasteiger partial charge >= 0.3 is 0 Å². The zero-order valence-corrected chi connectivity index (χ0v) is 16.6. The molecule has 0 radical (unpaired) electrons. The molecule has 1 aliphatic rings. The number of piperidine rings is 1. The molecule has 150 valence electrons. The summed E-state index contributed by atoms with van der Waals surface area (Å²) in [5, 5.41) is 4.67. The van der Waals surface area contributed by atoms with Crippen LogP contribution in [0.15, 0.2) is 47.1 Å². The summed E-state index contributed by atoms with van der Waals surface area (Å²) < 4.78 is 7.18. The molecule has 7 nitrogen and oxygen atoms in total. The van der Waals surface area contributed by atoms with Crippen molar-refractivity contribution >= 4 is 11.8 Å². The number of nitrogens with two attached hydrogens (primary N) is 1. The lowest BCUT2D eigenvalue weighted by atomic mass is 9.96.